The Hall–Kier alpha value is -1.34. The quantitative estimate of drug-likeness (QED) is 0.869. The number of hydrogen-bond acceptors (Lipinski definition) is 3. The van der Waals surface area contributed by atoms with E-state index in [9.17, 15) is 8.78 Å². The highest BCUT2D eigenvalue weighted by Gasteiger charge is 2.16. The third kappa shape index (κ3) is 3.40. The largest absolute Gasteiger partial charge is 0.306 e. The van der Waals surface area contributed by atoms with Crippen molar-refractivity contribution in [1.82, 2.24) is 20.3 Å². The third-order valence-electron chi connectivity index (χ3n) is 2.64. The smallest absolute Gasteiger partial charge is 0.151 e. The second-order valence-corrected chi connectivity index (χ2v) is 6.31. The van der Waals surface area contributed by atoms with Gasteiger partial charge in [-0.05, 0) is 42.8 Å². The van der Waals surface area contributed by atoms with Gasteiger partial charge in [0.05, 0.1) is 16.4 Å². The van der Waals surface area contributed by atoms with E-state index in [1.54, 1.807) is 6.20 Å². The summed E-state index contributed by atoms with van der Waals surface area (Å²) in [6.45, 7) is 6.55. The lowest BCUT2D eigenvalue weighted by molar-refractivity contribution is 0.417. The minimum Gasteiger partial charge on any atom is -0.306 e. The first-order valence-corrected chi connectivity index (χ1v) is 6.87. The number of rotatable bonds is 3. The van der Waals surface area contributed by atoms with Crippen LogP contribution in [0.1, 0.15) is 26.5 Å². The minimum atomic E-state index is -0.687. The standard InChI is InChI=1S/C13H15BrF2N4/c1-13(2,3)17-6-8-7-18-19-20(8)12-4-9(14)10(15)5-11(12)16/h4-5,7,17H,6H2,1-3H3. The van der Waals surface area contributed by atoms with E-state index in [-0.39, 0.29) is 15.7 Å². The average Bonchev–Trinajstić information content (AvgIpc) is 2.78. The van der Waals surface area contributed by atoms with Crippen molar-refractivity contribution in [3.8, 4) is 5.69 Å². The molecule has 0 radical (unpaired) electrons. The first-order chi connectivity index (χ1) is 9.28. The molecule has 0 bridgehead atoms. The lowest BCUT2D eigenvalue weighted by atomic mass is 10.1. The third-order valence-corrected chi connectivity index (χ3v) is 3.25. The lowest BCUT2D eigenvalue weighted by Gasteiger charge is -2.20. The van der Waals surface area contributed by atoms with Crippen LogP contribution >= 0.6 is 15.9 Å². The highest BCUT2D eigenvalue weighted by molar-refractivity contribution is 9.10. The molecule has 0 aliphatic rings. The zero-order valence-electron chi connectivity index (χ0n) is 11.4. The van der Waals surface area contributed by atoms with Crippen LogP contribution in [0.5, 0.6) is 0 Å². The van der Waals surface area contributed by atoms with E-state index in [1.165, 1.54) is 10.7 Å². The molecule has 0 unspecified atom stereocenters. The number of hydrogen-bond donors (Lipinski definition) is 1. The Morgan fingerprint density at radius 1 is 1.25 bits per heavy atom. The molecular formula is C13H15BrF2N4. The molecule has 108 valence electrons. The van der Waals surface area contributed by atoms with E-state index in [1.807, 2.05) is 20.8 Å². The molecule has 0 amide bonds. The Morgan fingerprint density at radius 2 is 1.95 bits per heavy atom. The summed E-state index contributed by atoms with van der Waals surface area (Å²) < 4.78 is 28.7. The van der Waals surface area contributed by atoms with Gasteiger partial charge in [-0.2, -0.15) is 0 Å². The Kier molecular flexibility index (Phi) is 4.19. The maximum Gasteiger partial charge on any atom is 0.151 e. The van der Waals surface area contributed by atoms with E-state index in [2.05, 4.69) is 31.6 Å². The van der Waals surface area contributed by atoms with E-state index in [4.69, 9.17) is 0 Å². The molecule has 2 aromatic rings. The summed E-state index contributed by atoms with van der Waals surface area (Å²) in [4.78, 5) is 0. The van der Waals surface area contributed by atoms with Crippen molar-refractivity contribution in [3.05, 3.63) is 40.1 Å². The zero-order valence-corrected chi connectivity index (χ0v) is 13.0. The number of nitrogens with one attached hydrogen (secondary N) is 1. The number of nitrogens with zero attached hydrogens (tertiary/aromatic N) is 3. The molecule has 7 heteroatoms. The van der Waals surface area contributed by atoms with Crippen molar-refractivity contribution >= 4 is 15.9 Å². The molecular weight excluding hydrogens is 330 g/mol. The van der Waals surface area contributed by atoms with Gasteiger partial charge in [-0.15, -0.1) is 5.10 Å². The predicted molar refractivity (Wildman–Crippen MR) is 75.6 cm³/mol. The van der Waals surface area contributed by atoms with Crippen LogP contribution in [0.25, 0.3) is 5.69 Å². The monoisotopic (exact) mass is 344 g/mol. The van der Waals surface area contributed by atoms with Gasteiger partial charge >= 0.3 is 0 Å². The number of halogens is 3. The summed E-state index contributed by atoms with van der Waals surface area (Å²) >= 11 is 3.04. The highest BCUT2D eigenvalue weighted by Crippen LogP contribution is 2.23. The Bertz CT molecular complexity index is 619. The van der Waals surface area contributed by atoms with Crippen LogP contribution in [0.3, 0.4) is 0 Å². The molecule has 0 aliphatic carbocycles. The summed E-state index contributed by atoms with van der Waals surface area (Å²) in [5.41, 5.74) is 0.760. The molecule has 1 aromatic heterocycles. The van der Waals surface area contributed by atoms with Gasteiger partial charge in [-0.1, -0.05) is 5.21 Å². The van der Waals surface area contributed by atoms with Crippen molar-refractivity contribution in [3.63, 3.8) is 0 Å². The van der Waals surface area contributed by atoms with Gasteiger partial charge in [0, 0.05) is 18.2 Å². The van der Waals surface area contributed by atoms with E-state index in [0.29, 0.717) is 12.2 Å². The van der Waals surface area contributed by atoms with Crippen LogP contribution in [0, 0.1) is 11.6 Å². The van der Waals surface area contributed by atoms with E-state index < -0.39 is 11.6 Å². The van der Waals surface area contributed by atoms with Crippen LogP contribution < -0.4 is 5.32 Å². The fraction of sp³-hybridized carbons (Fsp3) is 0.385. The fourth-order valence-corrected chi connectivity index (χ4v) is 1.94. The zero-order chi connectivity index (χ0) is 14.9. The van der Waals surface area contributed by atoms with Crippen LogP contribution in [0.2, 0.25) is 0 Å². The number of benzene rings is 1. The molecule has 20 heavy (non-hydrogen) atoms. The fourth-order valence-electron chi connectivity index (χ4n) is 1.61. The topological polar surface area (TPSA) is 42.7 Å². The molecule has 1 heterocycles. The first kappa shape index (κ1) is 15.1. The summed E-state index contributed by atoms with van der Waals surface area (Å²) in [7, 11) is 0. The Labute approximate surface area is 124 Å². The molecule has 1 aromatic carbocycles. The molecule has 0 saturated carbocycles. The van der Waals surface area contributed by atoms with Crippen molar-refractivity contribution in [2.75, 3.05) is 0 Å². The van der Waals surface area contributed by atoms with Gasteiger partial charge < -0.3 is 5.32 Å². The highest BCUT2D eigenvalue weighted by atomic mass is 79.9. The second-order valence-electron chi connectivity index (χ2n) is 5.46. The van der Waals surface area contributed by atoms with Crippen LogP contribution in [-0.2, 0) is 6.54 Å². The van der Waals surface area contributed by atoms with E-state index >= 15 is 0 Å². The summed E-state index contributed by atoms with van der Waals surface area (Å²) in [5, 5.41) is 10.9. The van der Waals surface area contributed by atoms with Crippen LogP contribution in [0.15, 0.2) is 22.8 Å². The Morgan fingerprint density at radius 3 is 2.60 bits per heavy atom. The van der Waals surface area contributed by atoms with Gasteiger partial charge in [0.2, 0.25) is 0 Å². The van der Waals surface area contributed by atoms with Gasteiger partial charge in [0.25, 0.3) is 0 Å². The van der Waals surface area contributed by atoms with Crippen molar-refractivity contribution in [2.45, 2.75) is 32.9 Å². The molecule has 4 nitrogen and oxygen atoms in total. The molecule has 0 spiro atoms. The van der Waals surface area contributed by atoms with Crippen molar-refractivity contribution < 1.29 is 8.78 Å². The van der Waals surface area contributed by atoms with Gasteiger partial charge in [0.15, 0.2) is 5.82 Å². The first-order valence-electron chi connectivity index (χ1n) is 6.07. The SMILES string of the molecule is CC(C)(C)NCc1cnnn1-c1cc(Br)c(F)cc1F. The minimum absolute atomic E-state index is 0.0863. The normalized spacial score (nSPS) is 11.9. The van der Waals surface area contributed by atoms with Crippen molar-refractivity contribution in [1.29, 1.82) is 0 Å². The van der Waals surface area contributed by atoms with Gasteiger partial charge in [-0.3, -0.25) is 0 Å². The Balaban J connectivity index is 2.35. The molecule has 0 aliphatic heterocycles. The van der Waals surface area contributed by atoms with Crippen LogP contribution in [0.4, 0.5) is 8.78 Å². The van der Waals surface area contributed by atoms with Crippen LogP contribution in [-0.4, -0.2) is 20.5 Å². The van der Waals surface area contributed by atoms with E-state index in [0.717, 1.165) is 6.07 Å². The molecule has 2 rings (SSSR count). The second kappa shape index (κ2) is 5.57. The lowest BCUT2D eigenvalue weighted by Crippen LogP contribution is -2.35. The number of aromatic nitrogens is 3. The summed E-state index contributed by atoms with van der Waals surface area (Å²) in [5.74, 6) is -1.34. The van der Waals surface area contributed by atoms with Crippen molar-refractivity contribution in [2.24, 2.45) is 0 Å². The molecule has 1 N–H and O–H groups in total. The maximum atomic E-state index is 13.9. The maximum absolute atomic E-state index is 13.9. The predicted octanol–water partition coefficient (Wildman–Crippen LogP) is 3.20. The van der Waals surface area contributed by atoms with Gasteiger partial charge in [0.1, 0.15) is 11.5 Å². The summed E-state index contributed by atoms with van der Waals surface area (Å²) in [6.07, 6.45) is 1.55. The van der Waals surface area contributed by atoms with Gasteiger partial charge in [-0.25, -0.2) is 13.5 Å². The molecule has 0 atom stereocenters. The average molecular weight is 345 g/mol. The molecule has 0 saturated heterocycles. The summed E-state index contributed by atoms with van der Waals surface area (Å²) in [6, 6.07) is 2.17. The molecule has 0 fully saturated rings.